The van der Waals surface area contributed by atoms with Gasteiger partial charge in [-0.05, 0) is 87.2 Å². The molecule has 1 saturated heterocycles. The summed E-state index contributed by atoms with van der Waals surface area (Å²) >= 11 is 0. The second-order valence-electron chi connectivity index (χ2n) is 12.8. The van der Waals surface area contributed by atoms with Crippen molar-refractivity contribution in [3.63, 3.8) is 0 Å². The van der Waals surface area contributed by atoms with Crippen molar-refractivity contribution in [2.75, 3.05) is 13.1 Å². The lowest BCUT2D eigenvalue weighted by Gasteiger charge is -2.62. The molecule has 4 N–H and O–H groups in total. The SMILES string of the molecule is C=CCN1CC[C@]23c4c5ccc(O)c4O[C@H]2C(=O)CC[C@@]3(O)[C@H]1C5.NC12CC3CC(CC(C3)C1)C2. The van der Waals surface area contributed by atoms with Crippen LogP contribution in [0.5, 0.6) is 11.5 Å². The van der Waals surface area contributed by atoms with Gasteiger partial charge in [-0.1, -0.05) is 12.1 Å². The first-order chi connectivity index (χ1) is 16.8. The van der Waals surface area contributed by atoms with Crippen LogP contribution in [-0.2, 0) is 16.6 Å². The number of phenolic OH excluding ortho intramolecular Hbond substituents is 1. The Morgan fingerprint density at radius 1 is 1.14 bits per heavy atom. The van der Waals surface area contributed by atoms with Gasteiger partial charge >= 0.3 is 0 Å². The molecule has 9 rings (SSSR count). The molecule has 6 aliphatic carbocycles. The van der Waals surface area contributed by atoms with Crippen molar-refractivity contribution in [2.45, 2.75) is 92.9 Å². The number of aromatic hydroxyl groups is 1. The molecule has 0 aromatic heterocycles. The van der Waals surface area contributed by atoms with Crippen LogP contribution in [0.2, 0.25) is 0 Å². The Morgan fingerprint density at radius 2 is 1.83 bits per heavy atom. The molecule has 188 valence electrons. The lowest BCUT2D eigenvalue weighted by atomic mass is 9.49. The number of ether oxygens (including phenoxy) is 1. The molecule has 1 spiro atoms. The van der Waals surface area contributed by atoms with Crippen molar-refractivity contribution < 1.29 is 19.7 Å². The number of ketones is 1. The van der Waals surface area contributed by atoms with Gasteiger partial charge in [-0.25, -0.2) is 0 Å². The van der Waals surface area contributed by atoms with Crippen molar-refractivity contribution in [3.8, 4) is 11.5 Å². The van der Waals surface area contributed by atoms with E-state index in [2.05, 4.69) is 11.5 Å². The van der Waals surface area contributed by atoms with Crippen LogP contribution in [0.4, 0.5) is 0 Å². The first kappa shape index (κ1) is 22.3. The van der Waals surface area contributed by atoms with Gasteiger partial charge in [0.1, 0.15) is 0 Å². The second-order valence-corrected chi connectivity index (χ2v) is 12.8. The lowest BCUT2D eigenvalue weighted by Crippen LogP contribution is -2.76. The number of piperidine rings is 1. The quantitative estimate of drug-likeness (QED) is 0.565. The second kappa shape index (κ2) is 7.33. The number of carbonyl (C=O) groups is 1. The zero-order chi connectivity index (χ0) is 24.2. The van der Waals surface area contributed by atoms with Crippen LogP contribution in [0.3, 0.4) is 0 Å². The van der Waals surface area contributed by atoms with Crippen LogP contribution in [-0.4, -0.2) is 57.3 Å². The van der Waals surface area contributed by atoms with E-state index in [9.17, 15) is 15.0 Å². The smallest absolute Gasteiger partial charge is 0.174 e. The predicted molar refractivity (Wildman–Crippen MR) is 132 cm³/mol. The molecule has 6 fully saturated rings. The van der Waals surface area contributed by atoms with Crippen LogP contribution >= 0.6 is 0 Å². The normalized spacial score (nSPS) is 45.9. The van der Waals surface area contributed by atoms with E-state index in [1.165, 1.54) is 38.5 Å². The number of nitrogens with zero attached hydrogens (tertiary/aromatic N) is 1. The summed E-state index contributed by atoms with van der Waals surface area (Å²) in [5, 5.41) is 22.1. The first-order valence-electron chi connectivity index (χ1n) is 13.7. The molecule has 4 atom stereocenters. The number of phenols is 1. The summed E-state index contributed by atoms with van der Waals surface area (Å²) in [5.41, 5.74) is 6.88. The zero-order valence-corrected chi connectivity index (χ0v) is 20.5. The highest BCUT2D eigenvalue weighted by molar-refractivity contribution is 5.90. The van der Waals surface area contributed by atoms with Gasteiger partial charge in [0.25, 0.3) is 0 Å². The minimum Gasteiger partial charge on any atom is -0.504 e. The summed E-state index contributed by atoms with van der Waals surface area (Å²) in [5.74, 6) is 3.59. The molecular weight excluding hydrogens is 440 g/mol. The number of Topliss-reactive ketones (excluding diaryl/α,β-unsaturated/α-hetero) is 1. The number of hydrogen-bond acceptors (Lipinski definition) is 6. The van der Waals surface area contributed by atoms with E-state index in [1.807, 2.05) is 12.1 Å². The van der Waals surface area contributed by atoms with E-state index in [1.54, 1.807) is 6.07 Å². The van der Waals surface area contributed by atoms with Crippen molar-refractivity contribution >= 4 is 5.78 Å². The zero-order valence-electron chi connectivity index (χ0n) is 20.5. The highest BCUT2D eigenvalue weighted by atomic mass is 16.5. The molecule has 35 heavy (non-hydrogen) atoms. The number of rotatable bonds is 2. The van der Waals surface area contributed by atoms with E-state index in [-0.39, 0.29) is 17.6 Å². The standard InChI is InChI=1S/C19H21NO4.C10H17N/c1-2-8-20-9-7-18-15-11-3-4-12(21)16(15)24-17(18)13(22)5-6-19(18,23)14(20)10-11;11-10-4-7-1-8(5-10)3-9(2-7)6-10/h2-4,14,17,21,23H,1,5-10H2;7-9H,1-6,11H2/t14-,17+,18+,19-;/m1./s1. The average Bonchev–Trinajstić information content (AvgIpc) is 3.15. The fourth-order valence-corrected chi connectivity index (χ4v) is 9.97. The maximum Gasteiger partial charge on any atom is 0.174 e. The first-order valence-corrected chi connectivity index (χ1v) is 13.7. The monoisotopic (exact) mass is 478 g/mol. The molecule has 2 heterocycles. The van der Waals surface area contributed by atoms with E-state index in [0.29, 0.717) is 37.0 Å². The van der Waals surface area contributed by atoms with Gasteiger partial charge < -0.3 is 20.7 Å². The minimum absolute atomic E-state index is 0.0408. The number of carbonyl (C=O) groups excluding carboxylic acids is 1. The van der Waals surface area contributed by atoms with Crippen LogP contribution < -0.4 is 10.5 Å². The highest BCUT2D eigenvalue weighted by Crippen LogP contribution is 2.64. The molecule has 0 unspecified atom stereocenters. The van der Waals surface area contributed by atoms with Crippen LogP contribution in [0.1, 0.15) is 68.9 Å². The van der Waals surface area contributed by atoms with Gasteiger partial charge in [0.15, 0.2) is 23.4 Å². The number of nitrogens with two attached hydrogens (primary N) is 1. The fraction of sp³-hybridized carbons (Fsp3) is 0.690. The number of benzene rings is 1. The van der Waals surface area contributed by atoms with Gasteiger partial charge in [-0.15, -0.1) is 6.58 Å². The van der Waals surface area contributed by atoms with Crippen molar-refractivity contribution in [1.82, 2.24) is 4.90 Å². The van der Waals surface area contributed by atoms with E-state index >= 15 is 0 Å². The van der Waals surface area contributed by atoms with Crippen molar-refractivity contribution in [1.29, 1.82) is 0 Å². The largest absolute Gasteiger partial charge is 0.504 e. The lowest BCUT2D eigenvalue weighted by molar-refractivity contribution is -0.187. The molecule has 8 aliphatic rings. The maximum absolute atomic E-state index is 12.6. The summed E-state index contributed by atoms with van der Waals surface area (Å²) in [6, 6.07) is 3.52. The Kier molecular flexibility index (Phi) is 4.67. The molecule has 0 radical (unpaired) electrons. The van der Waals surface area contributed by atoms with Gasteiger partial charge in [-0.3, -0.25) is 9.69 Å². The molecule has 5 saturated carbocycles. The minimum atomic E-state index is -1.00. The summed E-state index contributed by atoms with van der Waals surface area (Å²) < 4.78 is 5.98. The Bertz CT molecular complexity index is 1070. The summed E-state index contributed by atoms with van der Waals surface area (Å²) in [6.45, 7) is 5.36. The third kappa shape index (κ3) is 2.90. The molecule has 6 bridgehead atoms. The maximum atomic E-state index is 12.6. The Hall–Kier alpha value is -1.89. The summed E-state index contributed by atoms with van der Waals surface area (Å²) in [7, 11) is 0. The van der Waals surface area contributed by atoms with Crippen molar-refractivity contribution in [2.24, 2.45) is 23.5 Å². The molecule has 0 amide bonds. The molecular formula is C29H38N2O4. The topological polar surface area (TPSA) is 96.0 Å². The third-order valence-electron chi connectivity index (χ3n) is 10.8. The molecule has 1 aromatic carbocycles. The molecule has 6 heteroatoms. The summed E-state index contributed by atoms with van der Waals surface area (Å²) in [6.07, 6.45) is 11.9. The number of aliphatic hydroxyl groups is 1. The average molecular weight is 479 g/mol. The highest BCUT2D eigenvalue weighted by Gasteiger charge is 2.73. The van der Waals surface area contributed by atoms with Crippen LogP contribution in [0.15, 0.2) is 24.8 Å². The number of hydrogen-bond donors (Lipinski definition) is 3. The van der Waals surface area contributed by atoms with E-state index < -0.39 is 17.1 Å². The Labute approximate surface area is 207 Å². The van der Waals surface area contributed by atoms with E-state index in [0.717, 1.165) is 42.0 Å². The van der Waals surface area contributed by atoms with Gasteiger partial charge in [0.2, 0.25) is 0 Å². The molecule has 1 aromatic rings. The predicted octanol–water partition coefficient (Wildman–Crippen LogP) is 3.22. The van der Waals surface area contributed by atoms with Gasteiger partial charge in [0, 0.05) is 36.7 Å². The number of likely N-dealkylation sites (tertiary alicyclic amines) is 1. The van der Waals surface area contributed by atoms with Crippen molar-refractivity contribution in [3.05, 3.63) is 35.9 Å². The Balaban J connectivity index is 0.000000158. The third-order valence-corrected chi connectivity index (χ3v) is 10.8. The summed E-state index contributed by atoms with van der Waals surface area (Å²) in [4.78, 5) is 14.9. The fourth-order valence-electron chi connectivity index (χ4n) is 9.97. The molecule has 2 aliphatic heterocycles. The van der Waals surface area contributed by atoms with Gasteiger partial charge in [0.05, 0.1) is 11.0 Å². The van der Waals surface area contributed by atoms with Crippen LogP contribution in [0, 0.1) is 17.8 Å². The van der Waals surface area contributed by atoms with E-state index in [4.69, 9.17) is 10.5 Å². The van der Waals surface area contributed by atoms with Crippen LogP contribution in [0.25, 0.3) is 0 Å². The van der Waals surface area contributed by atoms with Gasteiger partial charge in [-0.2, -0.15) is 0 Å². The Morgan fingerprint density at radius 3 is 2.46 bits per heavy atom. The molecule has 6 nitrogen and oxygen atoms in total.